The third kappa shape index (κ3) is 2.85. The van der Waals surface area contributed by atoms with Crippen LogP contribution >= 0.6 is 0 Å². The molecule has 0 aliphatic carbocycles. The van der Waals surface area contributed by atoms with Gasteiger partial charge in [-0.2, -0.15) is 0 Å². The summed E-state index contributed by atoms with van der Waals surface area (Å²) in [5, 5.41) is 21.0. The van der Waals surface area contributed by atoms with Gasteiger partial charge in [0.2, 0.25) is 0 Å². The van der Waals surface area contributed by atoms with Gasteiger partial charge in [0.25, 0.3) is 0 Å². The van der Waals surface area contributed by atoms with Gasteiger partial charge in [0.1, 0.15) is 0 Å². The van der Waals surface area contributed by atoms with Crippen molar-refractivity contribution in [2.75, 3.05) is 24.6 Å². The van der Waals surface area contributed by atoms with E-state index in [2.05, 4.69) is 0 Å². The zero-order valence-electron chi connectivity index (χ0n) is 11.8. The van der Waals surface area contributed by atoms with Gasteiger partial charge in [-0.3, -0.25) is 10.1 Å². The first-order chi connectivity index (χ1) is 9.49. The monoisotopic (exact) mass is 280 g/mol. The fraction of sp³-hybridized carbons (Fsp3) is 0.571. The molecular weight excluding hydrogens is 260 g/mol. The Balaban J connectivity index is 2.17. The van der Waals surface area contributed by atoms with Crippen molar-refractivity contribution in [2.24, 2.45) is 0 Å². The van der Waals surface area contributed by atoms with Crippen LogP contribution in [0.25, 0.3) is 0 Å². The van der Waals surface area contributed by atoms with E-state index in [0.29, 0.717) is 31.9 Å². The van der Waals surface area contributed by atoms with Crippen molar-refractivity contribution in [2.45, 2.75) is 32.3 Å². The van der Waals surface area contributed by atoms with Gasteiger partial charge >= 0.3 is 5.69 Å². The second-order valence-corrected chi connectivity index (χ2v) is 5.19. The third-order valence-corrected chi connectivity index (χ3v) is 3.60. The van der Waals surface area contributed by atoms with Crippen LogP contribution in [-0.2, 0) is 0 Å². The van der Waals surface area contributed by atoms with E-state index in [9.17, 15) is 15.2 Å². The number of rotatable bonds is 6. The largest absolute Gasteiger partial charge is 0.487 e. The fourth-order valence-corrected chi connectivity index (χ4v) is 2.25. The smallest absolute Gasteiger partial charge is 0.311 e. The van der Waals surface area contributed by atoms with E-state index >= 15 is 0 Å². The van der Waals surface area contributed by atoms with Crippen LogP contribution in [0.1, 0.15) is 26.7 Å². The molecule has 1 fully saturated rings. The number of nitro groups is 1. The molecule has 0 atom stereocenters. The predicted octanol–water partition coefficient (Wildman–Crippen LogP) is 2.34. The average molecular weight is 280 g/mol. The van der Waals surface area contributed by atoms with E-state index in [-0.39, 0.29) is 5.69 Å². The number of benzene rings is 1. The zero-order chi connectivity index (χ0) is 14.8. The number of nitrogens with zero attached hydrogens (tertiary/aromatic N) is 2. The predicted molar refractivity (Wildman–Crippen MR) is 76.3 cm³/mol. The number of hydrogen-bond acceptors (Lipinski definition) is 5. The SMILES string of the molecule is CCCOc1cc(N2CC(O)(CC)C2)ccc1[N+](=O)[O-]. The molecule has 6 nitrogen and oxygen atoms in total. The van der Waals surface area contributed by atoms with Crippen LogP contribution in [0, 0.1) is 10.1 Å². The molecule has 1 heterocycles. The topological polar surface area (TPSA) is 75.8 Å². The Morgan fingerprint density at radius 2 is 2.15 bits per heavy atom. The van der Waals surface area contributed by atoms with Crippen LogP contribution in [0.4, 0.5) is 11.4 Å². The average Bonchev–Trinajstić information content (AvgIpc) is 2.41. The van der Waals surface area contributed by atoms with Crippen LogP contribution in [0.5, 0.6) is 5.75 Å². The molecule has 0 unspecified atom stereocenters. The van der Waals surface area contributed by atoms with Crippen molar-refractivity contribution >= 4 is 11.4 Å². The van der Waals surface area contributed by atoms with Gasteiger partial charge in [-0.25, -0.2) is 0 Å². The minimum absolute atomic E-state index is 0.0199. The third-order valence-electron chi connectivity index (χ3n) is 3.60. The van der Waals surface area contributed by atoms with Gasteiger partial charge in [0.15, 0.2) is 5.75 Å². The van der Waals surface area contributed by atoms with Crippen LogP contribution < -0.4 is 9.64 Å². The van der Waals surface area contributed by atoms with Crippen molar-refractivity contribution in [1.29, 1.82) is 0 Å². The maximum atomic E-state index is 11.0. The van der Waals surface area contributed by atoms with E-state index < -0.39 is 10.5 Å². The second-order valence-electron chi connectivity index (χ2n) is 5.19. The van der Waals surface area contributed by atoms with E-state index in [1.165, 1.54) is 6.07 Å². The normalized spacial score (nSPS) is 16.6. The highest BCUT2D eigenvalue weighted by atomic mass is 16.6. The van der Waals surface area contributed by atoms with Crippen molar-refractivity contribution < 1.29 is 14.8 Å². The maximum absolute atomic E-state index is 11.0. The fourth-order valence-electron chi connectivity index (χ4n) is 2.25. The lowest BCUT2D eigenvalue weighted by atomic mass is 9.91. The van der Waals surface area contributed by atoms with Gasteiger partial charge in [0.05, 0.1) is 17.1 Å². The van der Waals surface area contributed by atoms with E-state index in [4.69, 9.17) is 4.74 Å². The molecule has 1 aromatic carbocycles. The lowest BCUT2D eigenvalue weighted by molar-refractivity contribution is -0.385. The van der Waals surface area contributed by atoms with Crippen molar-refractivity contribution in [3.05, 3.63) is 28.3 Å². The van der Waals surface area contributed by atoms with Crippen LogP contribution in [0.2, 0.25) is 0 Å². The minimum atomic E-state index is -0.633. The number of β-amino-alcohol motifs (C(OH)–C–C–N with tert-alkyl or cyclic N) is 1. The molecule has 0 aromatic heterocycles. The Kier molecular flexibility index (Phi) is 4.13. The first-order valence-electron chi connectivity index (χ1n) is 6.87. The van der Waals surface area contributed by atoms with E-state index in [1.807, 2.05) is 18.7 Å². The summed E-state index contributed by atoms with van der Waals surface area (Å²) in [5.41, 5.74) is 0.194. The van der Waals surface area contributed by atoms with Crippen LogP contribution in [0.3, 0.4) is 0 Å². The molecule has 0 spiro atoms. The first kappa shape index (κ1) is 14.6. The van der Waals surface area contributed by atoms with Crippen molar-refractivity contribution in [3.8, 4) is 5.75 Å². The molecule has 0 saturated carbocycles. The Bertz CT molecular complexity index is 498. The summed E-state index contributed by atoms with van der Waals surface area (Å²) >= 11 is 0. The summed E-state index contributed by atoms with van der Waals surface area (Å²) < 4.78 is 5.45. The molecule has 1 N–H and O–H groups in total. The molecule has 1 aromatic rings. The summed E-state index contributed by atoms with van der Waals surface area (Å²) in [6, 6.07) is 4.85. The summed E-state index contributed by atoms with van der Waals surface area (Å²) in [6.07, 6.45) is 1.50. The number of nitro benzene ring substituents is 1. The summed E-state index contributed by atoms with van der Waals surface area (Å²) in [4.78, 5) is 12.5. The molecule has 20 heavy (non-hydrogen) atoms. The van der Waals surface area contributed by atoms with Gasteiger partial charge in [-0.1, -0.05) is 13.8 Å². The van der Waals surface area contributed by atoms with Crippen LogP contribution in [0.15, 0.2) is 18.2 Å². The molecule has 1 aliphatic heterocycles. The molecule has 1 aliphatic rings. The molecule has 0 amide bonds. The molecule has 1 saturated heterocycles. The standard InChI is InChI=1S/C14H20N2O4/c1-3-7-20-13-8-11(5-6-12(13)16(18)19)15-9-14(17,4-2)10-15/h5-6,8,17H,3-4,7,9-10H2,1-2H3. The van der Waals surface area contributed by atoms with Gasteiger partial charge in [0, 0.05) is 30.9 Å². The van der Waals surface area contributed by atoms with Gasteiger partial charge in [-0.15, -0.1) is 0 Å². The highest BCUT2D eigenvalue weighted by Crippen LogP contribution is 2.36. The number of ether oxygens (including phenoxy) is 1. The first-order valence-corrected chi connectivity index (χ1v) is 6.87. The summed E-state index contributed by atoms with van der Waals surface area (Å²) in [6.45, 7) is 5.45. The molecular formula is C14H20N2O4. The van der Waals surface area contributed by atoms with Crippen molar-refractivity contribution in [3.63, 3.8) is 0 Å². The van der Waals surface area contributed by atoms with E-state index in [0.717, 1.165) is 12.1 Å². The van der Waals surface area contributed by atoms with Gasteiger partial charge < -0.3 is 14.7 Å². The Morgan fingerprint density at radius 1 is 1.45 bits per heavy atom. The Hall–Kier alpha value is -1.82. The maximum Gasteiger partial charge on any atom is 0.311 e. The number of aliphatic hydroxyl groups is 1. The Labute approximate surface area is 118 Å². The lowest BCUT2D eigenvalue weighted by Crippen LogP contribution is -2.61. The number of hydrogen-bond donors (Lipinski definition) is 1. The van der Waals surface area contributed by atoms with Crippen molar-refractivity contribution in [1.82, 2.24) is 0 Å². The molecule has 2 rings (SSSR count). The minimum Gasteiger partial charge on any atom is -0.487 e. The number of anilines is 1. The molecule has 6 heteroatoms. The lowest BCUT2D eigenvalue weighted by Gasteiger charge is -2.47. The highest BCUT2D eigenvalue weighted by molar-refractivity contribution is 5.61. The zero-order valence-corrected chi connectivity index (χ0v) is 11.8. The second kappa shape index (κ2) is 5.66. The molecule has 110 valence electrons. The highest BCUT2D eigenvalue weighted by Gasteiger charge is 2.39. The Morgan fingerprint density at radius 3 is 2.70 bits per heavy atom. The van der Waals surface area contributed by atoms with Crippen LogP contribution in [-0.4, -0.2) is 35.3 Å². The summed E-state index contributed by atoms with van der Waals surface area (Å²) in [7, 11) is 0. The quantitative estimate of drug-likeness (QED) is 0.639. The molecule has 0 radical (unpaired) electrons. The summed E-state index contributed by atoms with van der Waals surface area (Å²) in [5.74, 6) is 0.293. The van der Waals surface area contributed by atoms with E-state index in [1.54, 1.807) is 12.1 Å². The van der Waals surface area contributed by atoms with Gasteiger partial charge in [-0.05, 0) is 18.9 Å². The molecule has 0 bridgehead atoms.